The third kappa shape index (κ3) is 5.20. The van der Waals surface area contributed by atoms with Crippen LogP contribution in [-0.2, 0) is 4.79 Å². The van der Waals surface area contributed by atoms with E-state index in [1.54, 1.807) is 29.2 Å². The van der Waals surface area contributed by atoms with Crippen LogP contribution in [0.15, 0.2) is 24.3 Å². The Morgan fingerprint density at radius 1 is 1.11 bits per heavy atom. The smallest absolute Gasteiger partial charge is 0.321 e. The van der Waals surface area contributed by atoms with Crippen LogP contribution in [0.4, 0.5) is 10.5 Å². The van der Waals surface area contributed by atoms with E-state index in [0.29, 0.717) is 36.7 Å². The van der Waals surface area contributed by atoms with Crippen molar-refractivity contribution in [3.63, 3.8) is 0 Å². The molecule has 2 heterocycles. The molecule has 0 spiro atoms. The number of anilines is 1. The maximum absolute atomic E-state index is 12.5. The average Bonchev–Trinajstić information content (AvgIpc) is 2.69. The molecule has 144 valence electrons. The Morgan fingerprint density at radius 3 is 2.48 bits per heavy atom. The summed E-state index contributed by atoms with van der Waals surface area (Å²) in [5.74, 6) is 0.599. The van der Waals surface area contributed by atoms with Crippen LogP contribution in [0.1, 0.15) is 24.8 Å². The molecule has 0 saturated carbocycles. The van der Waals surface area contributed by atoms with Crippen LogP contribution in [0.3, 0.4) is 0 Å². The Balaban J connectivity index is 1.43. The normalized spacial score (nSPS) is 18.8. The number of hydrogen-bond acceptors (Lipinski definition) is 4. The summed E-state index contributed by atoms with van der Waals surface area (Å²) in [6, 6.07) is 8.83. The maximum Gasteiger partial charge on any atom is 0.321 e. The van der Waals surface area contributed by atoms with Crippen molar-refractivity contribution in [1.29, 1.82) is 5.26 Å². The van der Waals surface area contributed by atoms with Gasteiger partial charge in [-0.25, -0.2) is 4.79 Å². The van der Waals surface area contributed by atoms with Crippen molar-refractivity contribution >= 4 is 17.6 Å². The predicted octanol–water partition coefficient (Wildman–Crippen LogP) is 1.97. The number of amides is 3. The van der Waals surface area contributed by atoms with Gasteiger partial charge in [0.1, 0.15) is 0 Å². The molecule has 0 aromatic heterocycles. The Kier molecular flexibility index (Phi) is 6.30. The van der Waals surface area contributed by atoms with Crippen LogP contribution >= 0.6 is 0 Å². The number of likely N-dealkylation sites (tertiary alicyclic amines) is 1. The zero-order valence-electron chi connectivity index (χ0n) is 15.9. The summed E-state index contributed by atoms with van der Waals surface area (Å²) in [6.45, 7) is 4.83. The first kappa shape index (κ1) is 19.2. The van der Waals surface area contributed by atoms with Gasteiger partial charge in [-0.05, 0) is 44.0 Å². The summed E-state index contributed by atoms with van der Waals surface area (Å²) in [7, 11) is 2.08. The number of nitriles is 1. The zero-order valence-corrected chi connectivity index (χ0v) is 15.9. The van der Waals surface area contributed by atoms with E-state index in [2.05, 4.69) is 23.3 Å². The third-order valence-electron chi connectivity index (χ3n) is 5.46. The highest BCUT2D eigenvalue weighted by Gasteiger charge is 2.27. The molecule has 0 radical (unpaired) electrons. The van der Waals surface area contributed by atoms with Gasteiger partial charge in [-0.15, -0.1) is 0 Å². The number of carbonyl (C=O) groups excluding carboxylic acids is 2. The number of piperazine rings is 1. The van der Waals surface area contributed by atoms with Crippen molar-refractivity contribution in [2.24, 2.45) is 5.92 Å². The number of hydrogen-bond donors (Lipinski definition) is 1. The number of urea groups is 1. The van der Waals surface area contributed by atoms with E-state index in [4.69, 9.17) is 5.26 Å². The summed E-state index contributed by atoms with van der Waals surface area (Å²) in [5.41, 5.74) is 1.15. The van der Waals surface area contributed by atoms with Crippen molar-refractivity contribution in [2.45, 2.75) is 19.3 Å². The van der Waals surface area contributed by atoms with E-state index >= 15 is 0 Å². The first-order chi connectivity index (χ1) is 13.0. The Hall–Kier alpha value is -2.59. The van der Waals surface area contributed by atoms with E-state index in [9.17, 15) is 9.59 Å². The second-order valence-electron chi connectivity index (χ2n) is 7.44. The van der Waals surface area contributed by atoms with Gasteiger partial charge in [0.05, 0.1) is 11.6 Å². The van der Waals surface area contributed by atoms with E-state index in [1.807, 2.05) is 4.90 Å². The maximum atomic E-state index is 12.5. The lowest BCUT2D eigenvalue weighted by atomic mass is 9.93. The predicted molar refractivity (Wildman–Crippen MR) is 103 cm³/mol. The molecule has 3 amide bonds. The van der Waals surface area contributed by atoms with Crippen molar-refractivity contribution in [3.05, 3.63) is 29.8 Å². The third-order valence-corrected chi connectivity index (χ3v) is 5.46. The fourth-order valence-corrected chi connectivity index (χ4v) is 3.64. The average molecular weight is 369 g/mol. The summed E-state index contributed by atoms with van der Waals surface area (Å²) >= 11 is 0. The van der Waals surface area contributed by atoms with E-state index in [1.165, 1.54) is 0 Å². The van der Waals surface area contributed by atoms with Gasteiger partial charge < -0.3 is 20.0 Å². The topological polar surface area (TPSA) is 79.7 Å². The number of likely N-dealkylation sites (N-methyl/N-ethyl adjacent to an activating group) is 1. The van der Waals surface area contributed by atoms with Crippen molar-refractivity contribution in [2.75, 3.05) is 51.6 Å². The molecular formula is C20H27N5O2. The first-order valence-corrected chi connectivity index (χ1v) is 9.57. The Labute approximate surface area is 160 Å². The Morgan fingerprint density at radius 2 is 1.81 bits per heavy atom. The summed E-state index contributed by atoms with van der Waals surface area (Å²) < 4.78 is 0. The van der Waals surface area contributed by atoms with Gasteiger partial charge in [0, 0.05) is 51.4 Å². The molecule has 2 saturated heterocycles. The second kappa shape index (κ2) is 8.87. The summed E-state index contributed by atoms with van der Waals surface area (Å²) in [6.07, 6.45) is 2.29. The quantitative estimate of drug-likeness (QED) is 0.883. The lowest BCUT2D eigenvalue weighted by Gasteiger charge is -2.35. The number of piperidine rings is 1. The fourth-order valence-electron chi connectivity index (χ4n) is 3.64. The van der Waals surface area contributed by atoms with Gasteiger partial charge in [-0.2, -0.15) is 5.26 Å². The van der Waals surface area contributed by atoms with Gasteiger partial charge in [0.25, 0.3) is 0 Å². The molecular weight excluding hydrogens is 342 g/mol. The highest BCUT2D eigenvalue weighted by Crippen LogP contribution is 2.22. The molecule has 7 heteroatoms. The van der Waals surface area contributed by atoms with Gasteiger partial charge >= 0.3 is 6.03 Å². The molecule has 0 bridgehead atoms. The Bertz CT molecular complexity index is 713. The number of nitrogens with one attached hydrogen (secondary N) is 1. The summed E-state index contributed by atoms with van der Waals surface area (Å²) in [5, 5.41) is 11.8. The van der Waals surface area contributed by atoms with Crippen molar-refractivity contribution in [1.82, 2.24) is 14.7 Å². The van der Waals surface area contributed by atoms with Crippen LogP contribution in [0.25, 0.3) is 0 Å². The molecule has 0 unspecified atom stereocenters. The lowest BCUT2D eigenvalue weighted by molar-refractivity contribution is -0.134. The SMILES string of the molecule is CN1CCN(C(=O)CC2CCN(C(=O)Nc3cccc(C#N)c3)CC2)CC1. The highest BCUT2D eigenvalue weighted by atomic mass is 16.2. The largest absolute Gasteiger partial charge is 0.340 e. The molecule has 3 rings (SSSR count). The standard InChI is InChI=1S/C20H27N5O2/c1-23-9-11-24(12-10-23)19(26)14-16-5-7-25(8-6-16)20(27)22-18-4-2-3-17(13-18)15-21/h2-4,13,16H,5-12,14H2,1H3,(H,22,27). The van der Waals surface area contributed by atoms with E-state index in [0.717, 1.165) is 39.0 Å². The van der Waals surface area contributed by atoms with Crippen LogP contribution in [0, 0.1) is 17.2 Å². The van der Waals surface area contributed by atoms with Gasteiger partial charge in [0.15, 0.2) is 0 Å². The molecule has 0 aliphatic carbocycles. The van der Waals surface area contributed by atoms with Gasteiger partial charge in [-0.1, -0.05) is 6.07 Å². The number of nitrogens with zero attached hydrogens (tertiary/aromatic N) is 4. The fraction of sp³-hybridized carbons (Fsp3) is 0.550. The monoisotopic (exact) mass is 369 g/mol. The summed E-state index contributed by atoms with van der Waals surface area (Å²) in [4.78, 5) is 30.9. The number of rotatable bonds is 3. The van der Waals surface area contributed by atoms with Crippen LogP contribution in [0.5, 0.6) is 0 Å². The molecule has 0 atom stereocenters. The minimum Gasteiger partial charge on any atom is -0.340 e. The second-order valence-corrected chi connectivity index (χ2v) is 7.44. The minimum absolute atomic E-state index is 0.145. The molecule has 1 N–H and O–H groups in total. The lowest BCUT2D eigenvalue weighted by Crippen LogP contribution is -2.48. The number of carbonyl (C=O) groups is 2. The molecule has 7 nitrogen and oxygen atoms in total. The minimum atomic E-state index is -0.145. The number of benzene rings is 1. The van der Waals surface area contributed by atoms with Crippen LogP contribution in [-0.4, -0.2) is 73.0 Å². The molecule has 2 aliphatic rings. The molecule has 27 heavy (non-hydrogen) atoms. The zero-order chi connectivity index (χ0) is 19.2. The first-order valence-electron chi connectivity index (χ1n) is 9.57. The molecule has 2 fully saturated rings. The van der Waals surface area contributed by atoms with E-state index < -0.39 is 0 Å². The van der Waals surface area contributed by atoms with Gasteiger partial charge in [0.2, 0.25) is 5.91 Å². The molecule has 1 aromatic rings. The van der Waals surface area contributed by atoms with E-state index in [-0.39, 0.29) is 11.9 Å². The van der Waals surface area contributed by atoms with Gasteiger partial charge in [-0.3, -0.25) is 4.79 Å². The van der Waals surface area contributed by atoms with Crippen molar-refractivity contribution in [3.8, 4) is 6.07 Å². The van der Waals surface area contributed by atoms with Crippen molar-refractivity contribution < 1.29 is 9.59 Å². The highest BCUT2D eigenvalue weighted by molar-refractivity contribution is 5.89. The van der Waals surface area contributed by atoms with Crippen LogP contribution < -0.4 is 5.32 Å². The molecule has 2 aliphatic heterocycles. The van der Waals surface area contributed by atoms with Crippen LogP contribution in [0.2, 0.25) is 0 Å². The molecule has 1 aromatic carbocycles.